The maximum atomic E-state index is 12.9. The summed E-state index contributed by atoms with van der Waals surface area (Å²) >= 11 is 0. The van der Waals surface area contributed by atoms with Crippen molar-refractivity contribution in [2.45, 2.75) is 50.6 Å². The second kappa shape index (κ2) is 5.47. The van der Waals surface area contributed by atoms with Crippen LogP contribution in [-0.2, 0) is 16.6 Å². The standard InChI is InChI=1S/C15H24N2O2S/c1-12-13(11-16-4)7-5-8-14(12)20(18,19)17-10-6-9-15(17,2)3/h5,7-8,16H,6,9-11H2,1-4H3. The fourth-order valence-corrected chi connectivity index (χ4v) is 5.09. The number of hydrogen-bond acceptors (Lipinski definition) is 3. The molecule has 20 heavy (non-hydrogen) atoms. The van der Waals surface area contributed by atoms with Gasteiger partial charge in [-0.1, -0.05) is 12.1 Å². The summed E-state index contributed by atoms with van der Waals surface area (Å²) in [6.45, 7) is 7.20. The molecule has 0 aliphatic carbocycles. The van der Waals surface area contributed by atoms with Crippen LogP contribution in [0.1, 0.15) is 37.8 Å². The Morgan fingerprint density at radius 2 is 2.05 bits per heavy atom. The molecule has 4 nitrogen and oxygen atoms in total. The number of nitrogens with zero attached hydrogens (tertiary/aromatic N) is 1. The highest BCUT2D eigenvalue weighted by atomic mass is 32.2. The molecule has 0 saturated carbocycles. The van der Waals surface area contributed by atoms with E-state index in [9.17, 15) is 8.42 Å². The van der Waals surface area contributed by atoms with Gasteiger partial charge in [0.2, 0.25) is 10.0 Å². The highest BCUT2D eigenvalue weighted by Gasteiger charge is 2.41. The van der Waals surface area contributed by atoms with Gasteiger partial charge in [0.15, 0.2) is 0 Å². The number of nitrogens with one attached hydrogen (secondary N) is 1. The molecular weight excluding hydrogens is 272 g/mol. The van der Waals surface area contributed by atoms with Gasteiger partial charge in [-0.15, -0.1) is 0 Å². The Morgan fingerprint density at radius 3 is 2.60 bits per heavy atom. The summed E-state index contributed by atoms with van der Waals surface area (Å²) in [4.78, 5) is 0.445. The van der Waals surface area contributed by atoms with Crippen LogP contribution in [0.15, 0.2) is 23.1 Å². The van der Waals surface area contributed by atoms with E-state index in [1.165, 1.54) is 0 Å². The smallest absolute Gasteiger partial charge is 0.243 e. The summed E-state index contributed by atoms with van der Waals surface area (Å²) in [5.41, 5.74) is 1.60. The normalized spacial score (nSPS) is 19.4. The molecule has 1 heterocycles. The first-order chi connectivity index (χ1) is 9.30. The predicted octanol–water partition coefficient (Wildman–Crippen LogP) is 2.28. The number of sulfonamides is 1. The van der Waals surface area contributed by atoms with E-state index in [1.807, 2.05) is 40.0 Å². The van der Waals surface area contributed by atoms with Crippen LogP contribution in [-0.4, -0.2) is 31.9 Å². The molecule has 1 fully saturated rings. The Bertz CT molecular complexity index is 594. The molecule has 0 radical (unpaired) electrons. The molecule has 0 aromatic heterocycles. The molecule has 0 unspecified atom stereocenters. The van der Waals surface area contributed by atoms with E-state index < -0.39 is 10.0 Å². The van der Waals surface area contributed by atoms with Crippen LogP contribution in [0.3, 0.4) is 0 Å². The molecule has 1 aromatic rings. The van der Waals surface area contributed by atoms with Crippen molar-refractivity contribution in [1.82, 2.24) is 9.62 Å². The summed E-state index contributed by atoms with van der Waals surface area (Å²) < 4.78 is 27.5. The van der Waals surface area contributed by atoms with Crippen molar-refractivity contribution in [2.75, 3.05) is 13.6 Å². The Kier molecular flexibility index (Phi) is 4.23. The van der Waals surface area contributed by atoms with Gasteiger partial charge in [-0.05, 0) is 57.9 Å². The second-order valence-electron chi connectivity index (χ2n) is 6.06. The molecule has 2 rings (SSSR count). The maximum Gasteiger partial charge on any atom is 0.243 e. The first kappa shape index (κ1) is 15.5. The van der Waals surface area contributed by atoms with Crippen molar-refractivity contribution in [3.63, 3.8) is 0 Å². The molecule has 0 atom stereocenters. The quantitative estimate of drug-likeness (QED) is 0.927. The van der Waals surface area contributed by atoms with E-state index in [1.54, 1.807) is 10.4 Å². The zero-order valence-corrected chi connectivity index (χ0v) is 13.5. The molecule has 0 amide bonds. The van der Waals surface area contributed by atoms with Gasteiger partial charge >= 0.3 is 0 Å². The van der Waals surface area contributed by atoms with Crippen LogP contribution in [0, 0.1) is 6.92 Å². The van der Waals surface area contributed by atoms with Crippen molar-refractivity contribution in [2.24, 2.45) is 0 Å². The Balaban J connectivity index is 2.47. The van der Waals surface area contributed by atoms with Gasteiger partial charge in [0.05, 0.1) is 4.90 Å². The van der Waals surface area contributed by atoms with Crippen molar-refractivity contribution < 1.29 is 8.42 Å². The van der Waals surface area contributed by atoms with Crippen molar-refractivity contribution >= 4 is 10.0 Å². The summed E-state index contributed by atoms with van der Waals surface area (Å²) in [6.07, 6.45) is 1.85. The minimum Gasteiger partial charge on any atom is -0.316 e. The number of hydrogen-bond donors (Lipinski definition) is 1. The molecule has 5 heteroatoms. The van der Waals surface area contributed by atoms with E-state index in [2.05, 4.69) is 5.32 Å². The second-order valence-corrected chi connectivity index (χ2v) is 7.89. The maximum absolute atomic E-state index is 12.9. The predicted molar refractivity (Wildman–Crippen MR) is 81.1 cm³/mol. The monoisotopic (exact) mass is 296 g/mol. The van der Waals surface area contributed by atoms with E-state index in [0.29, 0.717) is 18.0 Å². The fourth-order valence-electron chi connectivity index (χ4n) is 2.97. The average Bonchev–Trinajstić information content (AvgIpc) is 2.72. The van der Waals surface area contributed by atoms with E-state index in [4.69, 9.17) is 0 Å². The molecular formula is C15H24N2O2S. The molecule has 0 spiro atoms. The zero-order chi connectivity index (χ0) is 15.0. The lowest BCUT2D eigenvalue weighted by atomic mass is 10.0. The lowest BCUT2D eigenvalue weighted by molar-refractivity contribution is 0.291. The Labute approximate surface area is 122 Å². The summed E-state index contributed by atoms with van der Waals surface area (Å²) in [6, 6.07) is 5.52. The van der Waals surface area contributed by atoms with Crippen LogP contribution >= 0.6 is 0 Å². The van der Waals surface area contributed by atoms with Crippen LogP contribution in [0.2, 0.25) is 0 Å². The first-order valence-electron chi connectivity index (χ1n) is 7.06. The van der Waals surface area contributed by atoms with Crippen molar-refractivity contribution in [1.29, 1.82) is 0 Å². The van der Waals surface area contributed by atoms with Gasteiger partial charge in [-0.25, -0.2) is 8.42 Å². The number of benzene rings is 1. The van der Waals surface area contributed by atoms with Crippen LogP contribution < -0.4 is 5.32 Å². The third-order valence-corrected chi connectivity index (χ3v) is 6.41. The molecule has 1 aromatic carbocycles. The minimum atomic E-state index is -3.41. The van der Waals surface area contributed by atoms with Crippen LogP contribution in [0.25, 0.3) is 0 Å². The Morgan fingerprint density at radius 1 is 1.35 bits per heavy atom. The average molecular weight is 296 g/mol. The van der Waals surface area contributed by atoms with Gasteiger partial charge < -0.3 is 5.32 Å². The summed E-state index contributed by atoms with van der Waals surface area (Å²) in [7, 11) is -1.55. The van der Waals surface area contributed by atoms with Gasteiger partial charge in [-0.3, -0.25) is 0 Å². The Hall–Kier alpha value is -0.910. The third kappa shape index (κ3) is 2.62. The largest absolute Gasteiger partial charge is 0.316 e. The van der Waals surface area contributed by atoms with Gasteiger partial charge in [0.25, 0.3) is 0 Å². The van der Waals surface area contributed by atoms with Gasteiger partial charge in [0, 0.05) is 18.6 Å². The van der Waals surface area contributed by atoms with Crippen LogP contribution in [0.4, 0.5) is 0 Å². The molecule has 1 N–H and O–H groups in total. The highest BCUT2D eigenvalue weighted by Crippen LogP contribution is 2.35. The van der Waals surface area contributed by atoms with E-state index in [-0.39, 0.29) is 5.54 Å². The SMILES string of the molecule is CNCc1cccc(S(=O)(=O)N2CCCC2(C)C)c1C. The lowest BCUT2D eigenvalue weighted by Gasteiger charge is -2.31. The van der Waals surface area contributed by atoms with Crippen molar-refractivity contribution in [3.8, 4) is 0 Å². The molecule has 1 saturated heterocycles. The molecule has 0 bridgehead atoms. The number of rotatable bonds is 4. The molecule has 112 valence electrons. The molecule has 1 aliphatic heterocycles. The topological polar surface area (TPSA) is 49.4 Å². The zero-order valence-electron chi connectivity index (χ0n) is 12.7. The van der Waals surface area contributed by atoms with Gasteiger partial charge in [0.1, 0.15) is 0 Å². The van der Waals surface area contributed by atoms with Crippen molar-refractivity contribution in [3.05, 3.63) is 29.3 Å². The lowest BCUT2D eigenvalue weighted by Crippen LogP contribution is -2.42. The first-order valence-corrected chi connectivity index (χ1v) is 8.50. The fraction of sp³-hybridized carbons (Fsp3) is 0.600. The van der Waals surface area contributed by atoms with E-state index >= 15 is 0 Å². The van der Waals surface area contributed by atoms with E-state index in [0.717, 1.165) is 24.0 Å². The highest BCUT2D eigenvalue weighted by molar-refractivity contribution is 7.89. The summed E-state index contributed by atoms with van der Waals surface area (Å²) in [5, 5.41) is 3.08. The minimum absolute atomic E-state index is 0.287. The third-order valence-electron chi connectivity index (χ3n) is 4.16. The molecule has 1 aliphatic rings. The summed E-state index contributed by atoms with van der Waals surface area (Å²) in [5.74, 6) is 0. The van der Waals surface area contributed by atoms with Gasteiger partial charge in [-0.2, -0.15) is 4.31 Å². The van der Waals surface area contributed by atoms with Crippen LogP contribution in [0.5, 0.6) is 0 Å².